The summed E-state index contributed by atoms with van der Waals surface area (Å²) in [4.78, 5) is 11.4. The highest BCUT2D eigenvalue weighted by molar-refractivity contribution is 5.69. The van der Waals surface area contributed by atoms with E-state index in [2.05, 4.69) is 46.8 Å². The lowest BCUT2D eigenvalue weighted by Crippen LogP contribution is -2.13. The molecule has 1 rings (SSSR count). The maximum absolute atomic E-state index is 11.4. The van der Waals surface area contributed by atoms with Crippen LogP contribution in [-0.4, -0.2) is 19.7 Å². The minimum atomic E-state index is -0.189. The molecule has 0 unspecified atom stereocenters. The van der Waals surface area contributed by atoms with Crippen LogP contribution in [0.25, 0.3) is 0 Å². The number of benzene rings is 1. The van der Waals surface area contributed by atoms with Crippen LogP contribution in [0.15, 0.2) is 18.2 Å². The lowest BCUT2D eigenvalue weighted by Gasteiger charge is -2.22. The number of esters is 1. The summed E-state index contributed by atoms with van der Waals surface area (Å²) >= 11 is 0. The monoisotopic (exact) mass is 292 g/mol. The third-order valence-corrected chi connectivity index (χ3v) is 3.32. The molecular weight excluding hydrogens is 264 g/mol. The third-order valence-electron chi connectivity index (χ3n) is 3.32. The van der Waals surface area contributed by atoms with Crippen molar-refractivity contribution in [3.05, 3.63) is 29.3 Å². The molecule has 0 fully saturated rings. The Hall–Kier alpha value is -1.51. The second-order valence-corrected chi connectivity index (χ2v) is 6.85. The van der Waals surface area contributed by atoms with Crippen LogP contribution in [0, 0.1) is 5.92 Å². The SMILES string of the molecule is COC(=O)CCc1cc(C(C)(C)C)ccc1OCC(C)C. The highest BCUT2D eigenvalue weighted by Gasteiger charge is 2.17. The van der Waals surface area contributed by atoms with Gasteiger partial charge in [0.25, 0.3) is 0 Å². The average molecular weight is 292 g/mol. The minimum absolute atomic E-state index is 0.0800. The predicted molar refractivity (Wildman–Crippen MR) is 85.8 cm³/mol. The van der Waals surface area contributed by atoms with Gasteiger partial charge in [-0.2, -0.15) is 0 Å². The molecule has 1 aromatic rings. The van der Waals surface area contributed by atoms with Crippen LogP contribution in [0.4, 0.5) is 0 Å². The lowest BCUT2D eigenvalue weighted by atomic mass is 9.85. The van der Waals surface area contributed by atoms with Crippen molar-refractivity contribution in [2.75, 3.05) is 13.7 Å². The van der Waals surface area contributed by atoms with Gasteiger partial charge in [0.05, 0.1) is 13.7 Å². The van der Waals surface area contributed by atoms with Crippen LogP contribution in [0.3, 0.4) is 0 Å². The van der Waals surface area contributed by atoms with Crippen LogP contribution in [0.1, 0.15) is 52.2 Å². The van der Waals surface area contributed by atoms with Crippen LogP contribution in [0.5, 0.6) is 5.75 Å². The van der Waals surface area contributed by atoms with Gasteiger partial charge in [0.15, 0.2) is 0 Å². The maximum atomic E-state index is 11.4. The zero-order chi connectivity index (χ0) is 16.0. The van der Waals surface area contributed by atoms with E-state index < -0.39 is 0 Å². The van der Waals surface area contributed by atoms with Gasteiger partial charge in [-0.1, -0.05) is 46.8 Å². The summed E-state index contributed by atoms with van der Waals surface area (Å²) < 4.78 is 10.6. The summed E-state index contributed by atoms with van der Waals surface area (Å²) in [5, 5.41) is 0. The quantitative estimate of drug-likeness (QED) is 0.740. The van der Waals surface area contributed by atoms with Gasteiger partial charge in [0.1, 0.15) is 5.75 Å². The van der Waals surface area contributed by atoms with E-state index in [4.69, 9.17) is 9.47 Å². The molecule has 0 heterocycles. The van der Waals surface area contributed by atoms with Gasteiger partial charge in [-0.05, 0) is 34.9 Å². The molecular formula is C18H28O3. The molecule has 0 amide bonds. The summed E-state index contributed by atoms with van der Waals surface area (Å²) in [6.45, 7) is 11.5. The number of ether oxygens (including phenoxy) is 2. The Bertz CT molecular complexity index is 470. The molecule has 0 saturated carbocycles. The predicted octanol–water partition coefficient (Wildman–Crippen LogP) is 4.12. The number of aryl methyl sites for hydroxylation is 1. The molecule has 0 aromatic heterocycles. The van der Waals surface area contributed by atoms with Crippen molar-refractivity contribution in [2.24, 2.45) is 5.92 Å². The highest BCUT2D eigenvalue weighted by atomic mass is 16.5. The number of hydrogen-bond acceptors (Lipinski definition) is 3. The second kappa shape index (κ2) is 7.48. The first-order valence-electron chi connectivity index (χ1n) is 7.57. The topological polar surface area (TPSA) is 35.5 Å². The zero-order valence-electron chi connectivity index (χ0n) is 14.2. The maximum Gasteiger partial charge on any atom is 0.305 e. The average Bonchev–Trinajstić information content (AvgIpc) is 2.41. The van der Waals surface area contributed by atoms with E-state index in [9.17, 15) is 4.79 Å². The van der Waals surface area contributed by atoms with Gasteiger partial charge in [0, 0.05) is 6.42 Å². The Morgan fingerprint density at radius 3 is 2.43 bits per heavy atom. The van der Waals surface area contributed by atoms with Crippen molar-refractivity contribution in [3.8, 4) is 5.75 Å². The van der Waals surface area contributed by atoms with Crippen LogP contribution < -0.4 is 4.74 Å². The fourth-order valence-electron chi connectivity index (χ4n) is 1.98. The first-order chi connectivity index (χ1) is 9.74. The Morgan fingerprint density at radius 2 is 1.90 bits per heavy atom. The van der Waals surface area contributed by atoms with Crippen molar-refractivity contribution in [3.63, 3.8) is 0 Å². The Morgan fingerprint density at radius 1 is 1.24 bits per heavy atom. The molecule has 3 heteroatoms. The fraction of sp³-hybridized carbons (Fsp3) is 0.611. The summed E-state index contributed by atoms with van der Waals surface area (Å²) in [5.74, 6) is 1.16. The lowest BCUT2D eigenvalue weighted by molar-refractivity contribution is -0.140. The second-order valence-electron chi connectivity index (χ2n) is 6.85. The number of methoxy groups -OCH3 is 1. The smallest absolute Gasteiger partial charge is 0.305 e. The number of rotatable bonds is 6. The fourth-order valence-corrected chi connectivity index (χ4v) is 1.98. The van der Waals surface area contributed by atoms with Crippen molar-refractivity contribution in [2.45, 2.75) is 52.9 Å². The summed E-state index contributed by atoms with van der Waals surface area (Å²) in [6, 6.07) is 6.28. The van der Waals surface area contributed by atoms with E-state index in [0.29, 0.717) is 25.4 Å². The Kier molecular flexibility index (Phi) is 6.25. The number of carbonyl (C=O) groups is 1. The minimum Gasteiger partial charge on any atom is -0.493 e. The van der Waals surface area contributed by atoms with Gasteiger partial charge < -0.3 is 9.47 Å². The first kappa shape index (κ1) is 17.5. The molecule has 1 aromatic carbocycles. The summed E-state index contributed by atoms with van der Waals surface area (Å²) in [6.07, 6.45) is 1.02. The Balaban J connectivity index is 2.97. The van der Waals surface area contributed by atoms with E-state index in [0.717, 1.165) is 11.3 Å². The van der Waals surface area contributed by atoms with Crippen LogP contribution >= 0.6 is 0 Å². The van der Waals surface area contributed by atoms with Gasteiger partial charge in [-0.15, -0.1) is 0 Å². The van der Waals surface area contributed by atoms with Gasteiger partial charge in [0.2, 0.25) is 0 Å². The molecule has 0 radical (unpaired) electrons. The van der Waals surface area contributed by atoms with Crippen molar-refractivity contribution in [1.29, 1.82) is 0 Å². The summed E-state index contributed by atoms with van der Waals surface area (Å²) in [5.41, 5.74) is 2.41. The van der Waals surface area contributed by atoms with E-state index in [1.807, 2.05) is 6.07 Å². The molecule has 0 bridgehead atoms. The molecule has 21 heavy (non-hydrogen) atoms. The van der Waals surface area contributed by atoms with Gasteiger partial charge in [-0.25, -0.2) is 0 Å². The van der Waals surface area contributed by atoms with E-state index in [1.54, 1.807) is 0 Å². The number of carbonyl (C=O) groups excluding carboxylic acids is 1. The molecule has 0 atom stereocenters. The van der Waals surface area contributed by atoms with E-state index in [-0.39, 0.29) is 11.4 Å². The van der Waals surface area contributed by atoms with Gasteiger partial charge >= 0.3 is 5.97 Å². The largest absolute Gasteiger partial charge is 0.493 e. The van der Waals surface area contributed by atoms with E-state index >= 15 is 0 Å². The number of hydrogen-bond donors (Lipinski definition) is 0. The zero-order valence-corrected chi connectivity index (χ0v) is 14.2. The molecule has 0 aliphatic carbocycles. The molecule has 3 nitrogen and oxygen atoms in total. The molecule has 0 spiro atoms. The van der Waals surface area contributed by atoms with Crippen LogP contribution in [0.2, 0.25) is 0 Å². The van der Waals surface area contributed by atoms with Crippen molar-refractivity contribution in [1.82, 2.24) is 0 Å². The van der Waals surface area contributed by atoms with Crippen molar-refractivity contribution >= 4 is 5.97 Å². The molecule has 0 aliphatic rings. The molecule has 0 saturated heterocycles. The van der Waals surface area contributed by atoms with Crippen LogP contribution in [-0.2, 0) is 21.4 Å². The first-order valence-corrected chi connectivity index (χ1v) is 7.57. The molecule has 0 aliphatic heterocycles. The third kappa shape index (κ3) is 5.78. The highest BCUT2D eigenvalue weighted by Crippen LogP contribution is 2.29. The Labute approximate surface area is 128 Å². The van der Waals surface area contributed by atoms with E-state index in [1.165, 1.54) is 12.7 Å². The molecule has 118 valence electrons. The standard InChI is InChI=1S/C18H28O3/c1-13(2)12-21-16-9-8-15(18(3,4)5)11-14(16)7-10-17(19)20-6/h8-9,11,13H,7,10,12H2,1-6H3. The normalized spacial score (nSPS) is 11.6. The molecule has 0 N–H and O–H groups in total. The van der Waals surface area contributed by atoms with Crippen molar-refractivity contribution < 1.29 is 14.3 Å². The van der Waals surface area contributed by atoms with Gasteiger partial charge in [-0.3, -0.25) is 4.79 Å². The summed E-state index contributed by atoms with van der Waals surface area (Å²) in [7, 11) is 1.42.